The van der Waals surface area contributed by atoms with E-state index >= 15 is 0 Å². The number of alkyl carbamates (subject to hydrolysis) is 1. The molecule has 0 aliphatic rings. The predicted molar refractivity (Wildman–Crippen MR) is 83.5 cm³/mol. The van der Waals surface area contributed by atoms with E-state index in [0.717, 1.165) is 17.1 Å². The summed E-state index contributed by atoms with van der Waals surface area (Å²) in [6.45, 7) is 11.3. The lowest BCUT2D eigenvalue weighted by Crippen LogP contribution is -2.40. The van der Waals surface area contributed by atoms with E-state index in [4.69, 9.17) is 9.15 Å². The van der Waals surface area contributed by atoms with Crippen molar-refractivity contribution in [1.29, 1.82) is 0 Å². The molecule has 0 radical (unpaired) electrons. The molecule has 1 atom stereocenters. The van der Waals surface area contributed by atoms with Gasteiger partial charge in [0.25, 0.3) is 0 Å². The third-order valence-corrected chi connectivity index (χ3v) is 2.87. The highest BCUT2D eigenvalue weighted by Crippen LogP contribution is 2.13. The van der Waals surface area contributed by atoms with Crippen molar-refractivity contribution >= 4 is 12.0 Å². The van der Waals surface area contributed by atoms with Crippen LogP contribution in [0.4, 0.5) is 4.79 Å². The van der Waals surface area contributed by atoms with Gasteiger partial charge in [0.2, 0.25) is 5.91 Å². The number of furan rings is 1. The first-order valence-corrected chi connectivity index (χ1v) is 7.39. The highest BCUT2D eigenvalue weighted by molar-refractivity contribution is 5.77. The number of rotatable bonds is 5. The Bertz CT molecular complexity index is 529. The van der Waals surface area contributed by atoms with Crippen LogP contribution in [0.1, 0.15) is 51.2 Å². The molecule has 0 aliphatic carbocycles. The lowest BCUT2D eigenvalue weighted by Gasteiger charge is -2.21. The Morgan fingerprint density at radius 3 is 2.45 bits per heavy atom. The summed E-state index contributed by atoms with van der Waals surface area (Å²) in [6.07, 6.45) is -0.330. The second-order valence-corrected chi connectivity index (χ2v) is 6.47. The van der Waals surface area contributed by atoms with Gasteiger partial charge in [-0.3, -0.25) is 4.79 Å². The fraction of sp³-hybridized carbons (Fsp3) is 0.625. The summed E-state index contributed by atoms with van der Waals surface area (Å²) in [5.74, 6) is 1.49. The molecule has 2 amide bonds. The van der Waals surface area contributed by atoms with Crippen LogP contribution in [0.2, 0.25) is 0 Å². The summed E-state index contributed by atoms with van der Waals surface area (Å²) in [5.41, 5.74) is 0.404. The topological polar surface area (TPSA) is 80.6 Å². The van der Waals surface area contributed by atoms with Gasteiger partial charge >= 0.3 is 6.09 Å². The largest absolute Gasteiger partial charge is 0.466 e. The van der Waals surface area contributed by atoms with Crippen LogP contribution < -0.4 is 10.6 Å². The van der Waals surface area contributed by atoms with Crippen LogP contribution in [0, 0.1) is 13.8 Å². The predicted octanol–water partition coefficient (Wildman–Crippen LogP) is 2.82. The molecule has 0 aliphatic heterocycles. The van der Waals surface area contributed by atoms with E-state index < -0.39 is 11.7 Å². The molecule has 0 spiro atoms. The van der Waals surface area contributed by atoms with Crippen molar-refractivity contribution < 1.29 is 18.7 Å². The number of hydrogen-bond acceptors (Lipinski definition) is 4. The van der Waals surface area contributed by atoms with Gasteiger partial charge in [0.05, 0.1) is 0 Å². The number of hydrogen-bond donors (Lipinski definition) is 2. The Hall–Kier alpha value is -1.98. The third-order valence-electron chi connectivity index (χ3n) is 2.87. The number of aryl methyl sites for hydroxylation is 2. The average molecular weight is 310 g/mol. The molecule has 0 saturated heterocycles. The van der Waals surface area contributed by atoms with E-state index in [9.17, 15) is 9.59 Å². The number of carbonyl (C=O) groups excluding carboxylic acids is 2. The molecule has 1 aromatic heterocycles. The summed E-state index contributed by atoms with van der Waals surface area (Å²) >= 11 is 0. The minimum absolute atomic E-state index is 0.137. The maximum absolute atomic E-state index is 11.9. The van der Waals surface area contributed by atoms with Crippen LogP contribution in [0.5, 0.6) is 0 Å². The second kappa shape index (κ2) is 7.33. The molecular formula is C16H26N2O4. The van der Waals surface area contributed by atoms with Crippen molar-refractivity contribution in [1.82, 2.24) is 10.6 Å². The molecule has 1 unspecified atom stereocenters. The van der Waals surface area contributed by atoms with E-state index in [1.54, 1.807) is 27.7 Å². The van der Waals surface area contributed by atoms with Gasteiger partial charge in [-0.1, -0.05) is 0 Å². The highest BCUT2D eigenvalue weighted by Gasteiger charge is 2.19. The smallest absolute Gasteiger partial charge is 0.407 e. The monoisotopic (exact) mass is 310 g/mol. The van der Waals surface area contributed by atoms with Crippen LogP contribution in [0.15, 0.2) is 10.5 Å². The SMILES string of the molecule is Cc1cc(CNC(=O)CC(C)NC(=O)OC(C)(C)C)c(C)o1. The van der Waals surface area contributed by atoms with Gasteiger partial charge in [0, 0.05) is 24.6 Å². The van der Waals surface area contributed by atoms with Crippen LogP contribution >= 0.6 is 0 Å². The normalized spacial score (nSPS) is 12.6. The van der Waals surface area contributed by atoms with Crippen molar-refractivity contribution in [2.45, 2.75) is 66.2 Å². The van der Waals surface area contributed by atoms with Gasteiger partial charge in [-0.05, 0) is 47.6 Å². The number of ether oxygens (including phenoxy) is 1. The summed E-state index contributed by atoms with van der Waals surface area (Å²) in [5, 5.41) is 5.45. The molecule has 6 nitrogen and oxygen atoms in total. The molecule has 22 heavy (non-hydrogen) atoms. The maximum Gasteiger partial charge on any atom is 0.407 e. The molecule has 1 rings (SSSR count). The zero-order valence-corrected chi connectivity index (χ0v) is 14.2. The second-order valence-electron chi connectivity index (χ2n) is 6.47. The molecule has 0 fully saturated rings. The summed E-state index contributed by atoms with van der Waals surface area (Å²) in [4.78, 5) is 23.5. The van der Waals surface area contributed by atoms with E-state index in [2.05, 4.69) is 10.6 Å². The van der Waals surface area contributed by atoms with Crippen LogP contribution in [-0.4, -0.2) is 23.6 Å². The first kappa shape index (κ1) is 18.1. The first-order valence-electron chi connectivity index (χ1n) is 7.39. The van der Waals surface area contributed by atoms with Gasteiger partial charge in [-0.2, -0.15) is 0 Å². The molecule has 0 bridgehead atoms. The first-order chi connectivity index (χ1) is 10.1. The van der Waals surface area contributed by atoms with Crippen molar-refractivity contribution in [2.24, 2.45) is 0 Å². The van der Waals surface area contributed by atoms with Crippen molar-refractivity contribution in [3.05, 3.63) is 23.2 Å². The van der Waals surface area contributed by atoms with E-state index in [1.165, 1.54) is 0 Å². The number of nitrogens with one attached hydrogen (secondary N) is 2. The molecule has 0 saturated carbocycles. The van der Waals surface area contributed by atoms with Gasteiger partial charge < -0.3 is 19.8 Å². The quantitative estimate of drug-likeness (QED) is 0.876. The van der Waals surface area contributed by atoms with E-state index in [0.29, 0.717) is 6.54 Å². The molecule has 1 heterocycles. The van der Waals surface area contributed by atoms with Crippen molar-refractivity contribution in [2.75, 3.05) is 0 Å². The molecule has 2 N–H and O–H groups in total. The minimum Gasteiger partial charge on any atom is -0.466 e. The van der Waals surface area contributed by atoms with E-state index in [-0.39, 0.29) is 18.4 Å². The Labute approximate surface area is 131 Å². The van der Waals surface area contributed by atoms with Gasteiger partial charge in [0.15, 0.2) is 0 Å². The van der Waals surface area contributed by atoms with Crippen LogP contribution in [0.25, 0.3) is 0 Å². The Morgan fingerprint density at radius 2 is 1.95 bits per heavy atom. The van der Waals surface area contributed by atoms with Crippen LogP contribution in [0.3, 0.4) is 0 Å². The Kier molecular flexibility index (Phi) is 6.02. The molecule has 124 valence electrons. The Balaban J connectivity index is 2.35. The fourth-order valence-electron chi connectivity index (χ4n) is 1.96. The van der Waals surface area contributed by atoms with Crippen molar-refractivity contribution in [3.8, 4) is 0 Å². The summed E-state index contributed by atoms with van der Waals surface area (Å²) < 4.78 is 10.5. The minimum atomic E-state index is -0.553. The third kappa shape index (κ3) is 6.65. The molecule has 1 aromatic rings. The molecular weight excluding hydrogens is 284 g/mol. The molecule has 6 heteroatoms. The fourth-order valence-corrected chi connectivity index (χ4v) is 1.96. The zero-order chi connectivity index (χ0) is 16.9. The summed E-state index contributed by atoms with van der Waals surface area (Å²) in [6, 6.07) is 1.60. The lowest BCUT2D eigenvalue weighted by atomic mass is 10.2. The molecule has 0 aromatic carbocycles. The number of carbonyl (C=O) groups is 2. The Morgan fingerprint density at radius 1 is 1.32 bits per heavy atom. The van der Waals surface area contributed by atoms with E-state index in [1.807, 2.05) is 19.9 Å². The van der Waals surface area contributed by atoms with Crippen molar-refractivity contribution in [3.63, 3.8) is 0 Å². The number of amides is 2. The van der Waals surface area contributed by atoms with Gasteiger partial charge in [-0.15, -0.1) is 0 Å². The highest BCUT2D eigenvalue weighted by atomic mass is 16.6. The van der Waals surface area contributed by atoms with Gasteiger partial charge in [-0.25, -0.2) is 4.79 Å². The van der Waals surface area contributed by atoms with Crippen LogP contribution in [-0.2, 0) is 16.1 Å². The summed E-state index contributed by atoms with van der Waals surface area (Å²) in [7, 11) is 0. The average Bonchev–Trinajstić information content (AvgIpc) is 2.62. The lowest BCUT2D eigenvalue weighted by molar-refractivity contribution is -0.121. The zero-order valence-electron chi connectivity index (χ0n) is 14.2. The van der Waals surface area contributed by atoms with Gasteiger partial charge in [0.1, 0.15) is 17.1 Å². The standard InChI is InChI=1S/C16H26N2O4/c1-10(18-15(20)22-16(4,5)6)7-14(19)17-9-13-8-11(2)21-12(13)3/h8,10H,7,9H2,1-6H3,(H,17,19)(H,18,20). The maximum atomic E-state index is 11.9.